The maximum atomic E-state index is 6.56. The van der Waals surface area contributed by atoms with Crippen LogP contribution in [0.4, 0.5) is 0 Å². The van der Waals surface area contributed by atoms with Crippen LogP contribution in [0.5, 0.6) is 11.5 Å². The van der Waals surface area contributed by atoms with E-state index < -0.39 is 5.41 Å². The van der Waals surface area contributed by atoms with Crippen LogP contribution in [0.15, 0.2) is 205 Å². The Labute approximate surface area is 326 Å². The fourth-order valence-electron chi connectivity index (χ4n) is 8.87. The van der Waals surface area contributed by atoms with Crippen LogP contribution in [-0.2, 0) is 5.41 Å². The zero-order valence-corrected chi connectivity index (χ0v) is 30.4. The Morgan fingerprint density at radius 2 is 1.05 bits per heavy atom. The molecule has 3 aliphatic rings. The van der Waals surface area contributed by atoms with Gasteiger partial charge in [0, 0.05) is 28.6 Å². The molecule has 0 bridgehead atoms. The highest BCUT2D eigenvalue weighted by Gasteiger charge is 2.51. The summed E-state index contributed by atoms with van der Waals surface area (Å²) in [5.74, 6) is 1.74. The molecule has 0 fully saturated rings. The molecule has 2 aliphatic heterocycles. The lowest BCUT2D eigenvalue weighted by atomic mass is 9.66. The smallest absolute Gasteiger partial charge is 0.145 e. The second kappa shape index (κ2) is 12.9. The van der Waals surface area contributed by atoms with E-state index in [0.29, 0.717) is 0 Å². The van der Waals surface area contributed by atoms with Crippen molar-refractivity contribution in [1.82, 2.24) is 10.3 Å². The van der Waals surface area contributed by atoms with Gasteiger partial charge in [-0.1, -0.05) is 158 Å². The first kappa shape index (κ1) is 32.2. The van der Waals surface area contributed by atoms with E-state index >= 15 is 0 Å². The minimum absolute atomic E-state index is 0.233. The van der Waals surface area contributed by atoms with Crippen LogP contribution >= 0.6 is 0 Å². The van der Waals surface area contributed by atoms with Crippen molar-refractivity contribution < 1.29 is 4.74 Å². The molecule has 3 heterocycles. The summed E-state index contributed by atoms with van der Waals surface area (Å²) >= 11 is 0. The molecule has 264 valence electrons. The van der Waals surface area contributed by atoms with Gasteiger partial charge in [0.25, 0.3) is 0 Å². The Balaban J connectivity index is 1.03. The van der Waals surface area contributed by atoms with E-state index in [-0.39, 0.29) is 6.17 Å². The first-order valence-electron chi connectivity index (χ1n) is 19.1. The first-order valence-corrected chi connectivity index (χ1v) is 19.1. The molecule has 1 N–H and O–H groups in total. The summed E-state index contributed by atoms with van der Waals surface area (Å²) in [4.78, 5) is 10.2. The lowest BCUT2D eigenvalue weighted by Crippen LogP contribution is -2.32. The molecule has 8 aromatic rings. The van der Waals surface area contributed by atoms with Crippen molar-refractivity contribution in [3.05, 3.63) is 239 Å². The quantitative estimate of drug-likeness (QED) is 0.193. The van der Waals surface area contributed by atoms with Crippen LogP contribution in [0.1, 0.15) is 45.1 Å². The molecule has 56 heavy (non-hydrogen) atoms. The highest BCUT2D eigenvalue weighted by molar-refractivity contribution is 6.13. The van der Waals surface area contributed by atoms with Crippen LogP contribution < -0.4 is 10.1 Å². The molecule has 0 saturated carbocycles. The second-order valence-corrected chi connectivity index (χ2v) is 14.6. The van der Waals surface area contributed by atoms with E-state index in [1.54, 1.807) is 0 Å². The maximum Gasteiger partial charge on any atom is 0.145 e. The van der Waals surface area contributed by atoms with Crippen molar-refractivity contribution in [1.29, 1.82) is 0 Å². The number of nitrogens with zero attached hydrogens (tertiary/aromatic N) is 2. The van der Waals surface area contributed by atoms with Crippen LogP contribution in [0.25, 0.3) is 39.2 Å². The highest BCUT2D eigenvalue weighted by atomic mass is 16.5. The first-order chi connectivity index (χ1) is 27.7. The molecule has 1 aliphatic carbocycles. The summed E-state index contributed by atoms with van der Waals surface area (Å²) < 4.78 is 6.56. The van der Waals surface area contributed by atoms with Gasteiger partial charge in [-0.3, -0.25) is 9.98 Å². The molecule has 0 radical (unpaired) electrons. The number of ether oxygens (including phenoxy) is 1. The van der Waals surface area contributed by atoms with Gasteiger partial charge in [-0.15, -0.1) is 0 Å². The van der Waals surface area contributed by atoms with Crippen molar-refractivity contribution in [2.45, 2.75) is 11.6 Å². The molecular formula is C52H35N3O. The van der Waals surface area contributed by atoms with E-state index in [2.05, 4.69) is 193 Å². The average molecular weight is 718 g/mol. The molecule has 1 unspecified atom stereocenters. The number of pyridine rings is 1. The predicted molar refractivity (Wildman–Crippen MR) is 226 cm³/mol. The van der Waals surface area contributed by atoms with Crippen LogP contribution in [-0.4, -0.2) is 10.7 Å². The van der Waals surface area contributed by atoms with Crippen molar-refractivity contribution in [2.75, 3.05) is 0 Å². The van der Waals surface area contributed by atoms with E-state index in [9.17, 15) is 0 Å². The van der Waals surface area contributed by atoms with Gasteiger partial charge in [0.05, 0.1) is 16.8 Å². The third-order valence-corrected chi connectivity index (χ3v) is 11.4. The monoisotopic (exact) mass is 717 g/mol. The maximum absolute atomic E-state index is 6.56. The molecule has 1 aromatic heterocycles. The third kappa shape index (κ3) is 5.07. The largest absolute Gasteiger partial charge is 0.457 e. The van der Waals surface area contributed by atoms with Gasteiger partial charge in [-0.2, -0.15) is 0 Å². The Bertz CT molecular complexity index is 2810. The molecule has 7 aromatic carbocycles. The van der Waals surface area contributed by atoms with Gasteiger partial charge in [-0.05, 0) is 86.5 Å². The number of aromatic nitrogens is 1. The lowest BCUT2D eigenvalue weighted by molar-refractivity contribution is 0.436. The molecule has 11 rings (SSSR count). The zero-order chi connectivity index (χ0) is 37.1. The number of aliphatic imine (C=N–C) groups is 1. The Hall–Kier alpha value is -7.30. The summed E-state index contributed by atoms with van der Waals surface area (Å²) in [7, 11) is 0. The molecule has 4 heteroatoms. The molecule has 0 saturated heterocycles. The number of benzene rings is 7. The van der Waals surface area contributed by atoms with Crippen LogP contribution in [0.2, 0.25) is 0 Å². The number of allylic oxidation sites excluding steroid dienone is 1. The molecule has 1 spiro atoms. The van der Waals surface area contributed by atoms with Gasteiger partial charge in [0.15, 0.2) is 0 Å². The van der Waals surface area contributed by atoms with Crippen molar-refractivity contribution in [2.24, 2.45) is 4.99 Å². The van der Waals surface area contributed by atoms with Crippen LogP contribution in [0.3, 0.4) is 0 Å². The summed E-state index contributed by atoms with van der Waals surface area (Å²) in [5, 5.41) is 3.78. The summed E-state index contributed by atoms with van der Waals surface area (Å²) in [6, 6.07) is 66.6. The van der Waals surface area contributed by atoms with Crippen molar-refractivity contribution >= 4 is 11.4 Å². The lowest BCUT2D eigenvalue weighted by Gasteiger charge is -2.39. The number of hydrogen-bond donors (Lipinski definition) is 1. The summed E-state index contributed by atoms with van der Waals surface area (Å²) in [6.07, 6.45) is 3.86. The van der Waals surface area contributed by atoms with Crippen molar-refractivity contribution in [3.63, 3.8) is 0 Å². The molecule has 1 atom stereocenters. The SMILES string of the molecule is C1=C(c2cccc(-c3ccc4c(c3)C3(c5ccccc5Oc5ccccc53)c3cccnc3-4)c2)NC(c2ccccc2)N=C1c1ccc(-c2ccccc2)cc1. The number of para-hydroxylation sites is 2. The molecular weight excluding hydrogens is 683 g/mol. The summed E-state index contributed by atoms with van der Waals surface area (Å²) in [5.41, 5.74) is 16.1. The normalized spacial score (nSPS) is 15.6. The van der Waals surface area contributed by atoms with E-state index in [4.69, 9.17) is 14.7 Å². The number of fused-ring (bicyclic) bond motifs is 9. The number of nitrogens with one attached hydrogen (secondary N) is 1. The Morgan fingerprint density at radius 3 is 1.82 bits per heavy atom. The van der Waals surface area contributed by atoms with Crippen molar-refractivity contribution in [3.8, 4) is 45.0 Å². The zero-order valence-electron chi connectivity index (χ0n) is 30.4. The van der Waals surface area contributed by atoms with E-state index in [0.717, 1.165) is 73.1 Å². The predicted octanol–water partition coefficient (Wildman–Crippen LogP) is 12.0. The Kier molecular flexibility index (Phi) is 7.42. The van der Waals surface area contributed by atoms with Crippen LogP contribution in [0, 0.1) is 0 Å². The minimum Gasteiger partial charge on any atom is -0.457 e. The van der Waals surface area contributed by atoms with Gasteiger partial charge >= 0.3 is 0 Å². The van der Waals surface area contributed by atoms with E-state index in [1.165, 1.54) is 22.3 Å². The van der Waals surface area contributed by atoms with E-state index in [1.807, 2.05) is 12.3 Å². The number of rotatable bonds is 5. The van der Waals surface area contributed by atoms with Gasteiger partial charge < -0.3 is 10.1 Å². The highest BCUT2D eigenvalue weighted by Crippen LogP contribution is 2.61. The third-order valence-electron chi connectivity index (χ3n) is 11.4. The summed E-state index contributed by atoms with van der Waals surface area (Å²) in [6.45, 7) is 0. The molecule has 4 nitrogen and oxygen atoms in total. The number of hydrogen-bond acceptors (Lipinski definition) is 4. The standard InChI is InChI=1S/C52H35N3O/c1-3-13-34(14-4-1)35-24-26-36(27-25-35)46-33-47(55-51(54-46)37-15-5-2-6-16-37)40-18-11-17-38(31-40)39-28-29-41-45(32-39)52(44-21-12-30-53-50(41)44)42-19-7-9-22-48(42)56-49-23-10-8-20-43(49)52/h1-33,51,55H. The minimum atomic E-state index is -0.574. The van der Waals surface area contributed by atoms with Gasteiger partial charge in [0.1, 0.15) is 17.7 Å². The molecule has 0 amide bonds. The van der Waals surface area contributed by atoms with Gasteiger partial charge in [-0.25, -0.2) is 0 Å². The fourth-order valence-corrected chi connectivity index (χ4v) is 8.87. The second-order valence-electron chi connectivity index (χ2n) is 14.6. The fraction of sp³-hybridized carbons (Fsp3) is 0.0385. The Morgan fingerprint density at radius 1 is 0.464 bits per heavy atom. The van der Waals surface area contributed by atoms with Gasteiger partial charge in [0.2, 0.25) is 0 Å². The topological polar surface area (TPSA) is 46.5 Å². The average Bonchev–Trinajstić information content (AvgIpc) is 3.57.